The van der Waals surface area contributed by atoms with Crippen LogP contribution < -0.4 is 5.43 Å². The van der Waals surface area contributed by atoms with Gasteiger partial charge in [-0.1, -0.05) is 53.5 Å². The molecule has 29 heavy (non-hydrogen) atoms. The quantitative estimate of drug-likeness (QED) is 0.378. The smallest absolute Gasteiger partial charge is 0.267 e. The first-order chi connectivity index (χ1) is 14.1. The van der Waals surface area contributed by atoms with Crippen molar-refractivity contribution in [2.45, 2.75) is 6.54 Å². The molecule has 4 aromatic rings. The number of nitrogens with zero attached hydrogens (tertiary/aromatic N) is 4. The number of carbonyl (C=O) groups is 1. The van der Waals surface area contributed by atoms with Crippen molar-refractivity contribution in [3.8, 4) is 0 Å². The maximum atomic E-state index is 12.3. The molecule has 0 bridgehead atoms. The van der Waals surface area contributed by atoms with Gasteiger partial charge in [-0.15, -0.1) is 0 Å². The van der Waals surface area contributed by atoms with Crippen molar-refractivity contribution >= 4 is 46.2 Å². The predicted octanol–water partition coefficient (Wildman–Crippen LogP) is 4.55. The molecule has 0 aliphatic carbocycles. The number of hydrogen-bond acceptors (Lipinski definition) is 4. The second-order valence-electron chi connectivity index (χ2n) is 6.26. The van der Waals surface area contributed by atoms with Crippen LogP contribution in [-0.4, -0.2) is 26.9 Å². The molecular weight excluding hydrogens is 409 g/mol. The van der Waals surface area contributed by atoms with Crippen molar-refractivity contribution < 1.29 is 4.79 Å². The predicted molar refractivity (Wildman–Crippen MR) is 115 cm³/mol. The molecule has 0 unspecified atom stereocenters. The normalized spacial score (nSPS) is 11.2. The van der Waals surface area contributed by atoms with E-state index in [0.29, 0.717) is 16.6 Å². The summed E-state index contributed by atoms with van der Waals surface area (Å²) in [5.41, 5.74) is 5.23. The number of hydrogen-bond donors (Lipinski definition) is 1. The lowest BCUT2D eigenvalue weighted by Crippen LogP contribution is -2.18. The average molecular weight is 424 g/mol. The van der Waals surface area contributed by atoms with E-state index in [4.69, 9.17) is 23.2 Å². The molecule has 0 fully saturated rings. The van der Waals surface area contributed by atoms with Crippen molar-refractivity contribution in [3.05, 3.63) is 93.9 Å². The lowest BCUT2D eigenvalue weighted by Gasteiger charge is -2.05. The summed E-state index contributed by atoms with van der Waals surface area (Å²) in [5, 5.41) is 10.4. The van der Waals surface area contributed by atoms with Crippen LogP contribution in [0.15, 0.2) is 72.1 Å². The summed E-state index contributed by atoms with van der Waals surface area (Å²) in [7, 11) is 0. The van der Waals surface area contributed by atoms with Gasteiger partial charge in [0, 0.05) is 33.4 Å². The Hall–Kier alpha value is -3.22. The lowest BCUT2D eigenvalue weighted by molar-refractivity contribution is 0.0949. The highest BCUT2D eigenvalue weighted by Crippen LogP contribution is 2.21. The fraction of sp³-hybridized carbons (Fsp3) is 0.0476. The molecule has 0 saturated heterocycles. The zero-order valence-corrected chi connectivity index (χ0v) is 16.6. The van der Waals surface area contributed by atoms with Crippen LogP contribution in [0.25, 0.3) is 10.9 Å². The molecule has 1 amide bonds. The molecule has 0 aliphatic rings. The van der Waals surface area contributed by atoms with Gasteiger partial charge in [-0.3, -0.25) is 14.5 Å². The Kier molecular flexibility index (Phi) is 5.55. The van der Waals surface area contributed by atoms with E-state index in [2.05, 4.69) is 20.6 Å². The Morgan fingerprint density at radius 3 is 2.86 bits per heavy atom. The number of carbonyl (C=O) groups excluding carboxylic acids is 1. The molecule has 2 aromatic carbocycles. The number of amides is 1. The number of hydrazone groups is 1. The van der Waals surface area contributed by atoms with Gasteiger partial charge in [-0.25, -0.2) is 5.43 Å². The van der Waals surface area contributed by atoms with E-state index in [-0.39, 0.29) is 5.69 Å². The molecule has 4 rings (SSSR count). The minimum absolute atomic E-state index is 0.253. The Bertz CT molecular complexity index is 1210. The van der Waals surface area contributed by atoms with Crippen molar-refractivity contribution in [3.63, 3.8) is 0 Å². The number of fused-ring (bicyclic) bond motifs is 1. The van der Waals surface area contributed by atoms with Crippen LogP contribution in [0.1, 0.15) is 21.6 Å². The molecular formula is C21H15Cl2N5O. The second-order valence-corrected chi connectivity index (χ2v) is 7.10. The van der Waals surface area contributed by atoms with E-state index in [1.807, 2.05) is 36.4 Å². The number of nitrogens with one attached hydrogen (secondary N) is 1. The summed E-state index contributed by atoms with van der Waals surface area (Å²) in [5.74, 6) is -0.407. The summed E-state index contributed by atoms with van der Waals surface area (Å²) in [6.07, 6.45) is 4.99. The van der Waals surface area contributed by atoms with Gasteiger partial charge >= 0.3 is 0 Å². The maximum Gasteiger partial charge on any atom is 0.291 e. The summed E-state index contributed by atoms with van der Waals surface area (Å²) in [6.45, 7) is 0.425. The molecule has 6 nitrogen and oxygen atoms in total. The molecule has 1 N–H and O–H groups in total. The SMILES string of the molecule is O=C(N/N=C\c1cccc2cccnc12)c1ccn(Cc2ccc(Cl)cc2Cl)n1. The first-order valence-electron chi connectivity index (χ1n) is 8.75. The Labute approximate surface area is 176 Å². The van der Waals surface area contributed by atoms with Crippen molar-refractivity contribution in [1.29, 1.82) is 0 Å². The average Bonchev–Trinajstić information content (AvgIpc) is 3.19. The molecule has 2 aromatic heterocycles. The van der Waals surface area contributed by atoms with E-state index in [9.17, 15) is 4.79 Å². The largest absolute Gasteiger partial charge is 0.291 e. The Balaban J connectivity index is 1.43. The first kappa shape index (κ1) is 19.1. The zero-order valence-electron chi connectivity index (χ0n) is 15.1. The van der Waals surface area contributed by atoms with Crippen LogP contribution in [0.5, 0.6) is 0 Å². The van der Waals surface area contributed by atoms with Crippen LogP contribution in [0.4, 0.5) is 0 Å². The summed E-state index contributed by atoms with van der Waals surface area (Å²) >= 11 is 12.1. The third kappa shape index (κ3) is 4.45. The highest BCUT2D eigenvalue weighted by atomic mass is 35.5. The second kappa shape index (κ2) is 8.43. The first-order valence-corrected chi connectivity index (χ1v) is 9.50. The Morgan fingerprint density at radius 2 is 2.00 bits per heavy atom. The lowest BCUT2D eigenvalue weighted by atomic mass is 10.1. The van der Waals surface area contributed by atoms with E-state index in [1.165, 1.54) is 0 Å². The minimum atomic E-state index is -0.407. The monoisotopic (exact) mass is 423 g/mol. The number of halogens is 2. The van der Waals surface area contributed by atoms with Gasteiger partial charge < -0.3 is 0 Å². The maximum absolute atomic E-state index is 12.3. The van der Waals surface area contributed by atoms with Gasteiger partial charge in [0.2, 0.25) is 0 Å². The van der Waals surface area contributed by atoms with Crippen LogP contribution in [0.2, 0.25) is 10.0 Å². The van der Waals surface area contributed by atoms with E-state index >= 15 is 0 Å². The van der Waals surface area contributed by atoms with Gasteiger partial charge in [-0.05, 0) is 29.8 Å². The number of pyridine rings is 1. The number of aromatic nitrogens is 3. The fourth-order valence-corrected chi connectivity index (χ4v) is 3.31. The summed E-state index contributed by atoms with van der Waals surface area (Å²) in [6, 6.07) is 16.5. The third-order valence-corrected chi connectivity index (χ3v) is 4.84. The zero-order chi connectivity index (χ0) is 20.2. The Morgan fingerprint density at radius 1 is 1.14 bits per heavy atom. The van der Waals surface area contributed by atoms with Gasteiger partial charge in [0.25, 0.3) is 5.91 Å². The van der Waals surface area contributed by atoms with Crippen molar-refractivity contribution in [1.82, 2.24) is 20.2 Å². The number of benzene rings is 2. The third-order valence-electron chi connectivity index (χ3n) is 4.25. The van der Waals surface area contributed by atoms with Gasteiger partial charge in [-0.2, -0.15) is 10.2 Å². The highest BCUT2D eigenvalue weighted by molar-refractivity contribution is 6.35. The minimum Gasteiger partial charge on any atom is -0.267 e. The molecule has 144 valence electrons. The highest BCUT2D eigenvalue weighted by Gasteiger charge is 2.10. The summed E-state index contributed by atoms with van der Waals surface area (Å²) < 4.78 is 1.63. The van der Waals surface area contributed by atoms with Crippen molar-refractivity contribution in [2.24, 2.45) is 5.10 Å². The van der Waals surface area contributed by atoms with Crippen LogP contribution >= 0.6 is 23.2 Å². The van der Waals surface area contributed by atoms with Gasteiger partial charge in [0.15, 0.2) is 5.69 Å². The standard InChI is InChI=1S/C21H15Cl2N5O/c22-17-7-6-16(18(23)11-17)13-28-10-8-19(27-28)21(29)26-25-12-15-4-1-3-14-5-2-9-24-20(14)15/h1-12H,13H2,(H,26,29)/b25-12-. The van der Waals surface area contributed by atoms with Crippen LogP contribution in [0.3, 0.4) is 0 Å². The topological polar surface area (TPSA) is 72.2 Å². The van der Waals surface area contributed by atoms with E-state index in [0.717, 1.165) is 22.0 Å². The molecule has 0 saturated carbocycles. The van der Waals surface area contributed by atoms with Gasteiger partial charge in [0.1, 0.15) is 0 Å². The van der Waals surface area contributed by atoms with E-state index < -0.39 is 5.91 Å². The van der Waals surface area contributed by atoms with E-state index in [1.54, 1.807) is 41.5 Å². The van der Waals surface area contributed by atoms with Crippen LogP contribution in [0, 0.1) is 0 Å². The molecule has 0 atom stereocenters. The molecule has 2 heterocycles. The van der Waals surface area contributed by atoms with Gasteiger partial charge in [0.05, 0.1) is 18.3 Å². The molecule has 8 heteroatoms. The van der Waals surface area contributed by atoms with Crippen molar-refractivity contribution in [2.75, 3.05) is 0 Å². The molecule has 0 radical (unpaired) electrons. The molecule has 0 aliphatic heterocycles. The van der Waals surface area contributed by atoms with Crippen LogP contribution in [-0.2, 0) is 6.54 Å². The summed E-state index contributed by atoms with van der Waals surface area (Å²) in [4.78, 5) is 16.7. The fourth-order valence-electron chi connectivity index (χ4n) is 2.84. The number of para-hydroxylation sites is 1. The molecule has 0 spiro atoms. The number of rotatable bonds is 5.